The zero-order valence-corrected chi connectivity index (χ0v) is 7.42. The standard InChI is InChI=1S/C11H12NO/c1-2-3-9-11(13)12-10-7-5-4-6-8-10/h2,5-8H,1,3,9H2,(H,12,13). The summed E-state index contributed by atoms with van der Waals surface area (Å²) in [5, 5.41) is 2.77. The SMILES string of the molecule is C=CCCC(=O)Nc1cc[c]cc1. The van der Waals surface area contributed by atoms with E-state index >= 15 is 0 Å². The number of hydrogen-bond acceptors (Lipinski definition) is 1. The summed E-state index contributed by atoms with van der Waals surface area (Å²) in [4.78, 5) is 11.2. The molecule has 1 aromatic rings. The summed E-state index contributed by atoms with van der Waals surface area (Å²) in [7, 11) is 0. The van der Waals surface area contributed by atoms with Crippen molar-refractivity contribution < 1.29 is 4.79 Å². The van der Waals surface area contributed by atoms with Gasteiger partial charge in [0.1, 0.15) is 0 Å². The molecule has 0 fully saturated rings. The Morgan fingerprint density at radius 3 is 2.85 bits per heavy atom. The largest absolute Gasteiger partial charge is 0.326 e. The van der Waals surface area contributed by atoms with Crippen LogP contribution in [0, 0.1) is 6.07 Å². The van der Waals surface area contributed by atoms with Gasteiger partial charge in [0, 0.05) is 12.1 Å². The van der Waals surface area contributed by atoms with E-state index < -0.39 is 0 Å². The smallest absolute Gasteiger partial charge is 0.224 e. The Morgan fingerprint density at radius 2 is 2.23 bits per heavy atom. The molecule has 0 atom stereocenters. The van der Waals surface area contributed by atoms with E-state index in [-0.39, 0.29) is 5.91 Å². The third-order valence-corrected chi connectivity index (χ3v) is 1.58. The lowest BCUT2D eigenvalue weighted by Gasteiger charge is -2.02. The van der Waals surface area contributed by atoms with Gasteiger partial charge >= 0.3 is 0 Å². The minimum Gasteiger partial charge on any atom is -0.326 e. The quantitative estimate of drug-likeness (QED) is 0.698. The van der Waals surface area contributed by atoms with E-state index in [1.54, 1.807) is 18.2 Å². The molecule has 1 rings (SSSR count). The molecule has 2 nitrogen and oxygen atoms in total. The minimum atomic E-state index is 0.0195. The van der Waals surface area contributed by atoms with Crippen LogP contribution in [0.15, 0.2) is 36.9 Å². The van der Waals surface area contributed by atoms with Crippen molar-refractivity contribution in [2.45, 2.75) is 12.8 Å². The van der Waals surface area contributed by atoms with Gasteiger partial charge in [-0.15, -0.1) is 6.58 Å². The van der Waals surface area contributed by atoms with E-state index in [9.17, 15) is 4.79 Å². The summed E-state index contributed by atoms with van der Waals surface area (Å²) in [6.45, 7) is 3.55. The Hall–Kier alpha value is -1.57. The monoisotopic (exact) mass is 174 g/mol. The molecule has 0 heterocycles. The van der Waals surface area contributed by atoms with Crippen LogP contribution in [0.4, 0.5) is 5.69 Å². The first-order valence-corrected chi connectivity index (χ1v) is 4.20. The highest BCUT2D eigenvalue weighted by Crippen LogP contribution is 2.05. The Morgan fingerprint density at radius 1 is 1.54 bits per heavy atom. The predicted molar refractivity (Wildman–Crippen MR) is 53.3 cm³/mol. The van der Waals surface area contributed by atoms with Gasteiger partial charge in [-0.3, -0.25) is 4.79 Å². The van der Waals surface area contributed by atoms with Gasteiger partial charge in [0.15, 0.2) is 0 Å². The van der Waals surface area contributed by atoms with Crippen LogP contribution >= 0.6 is 0 Å². The van der Waals surface area contributed by atoms with Crippen molar-refractivity contribution in [3.05, 3.63) is 43.0 Å². The first-order valence-electron chi connectivity index (χ1n) is 4.20. The third-order valence-electron chi connectivity index (χ3n) is 1.58. The highest BCUT2D eigenvalue weighted by Gasteiger charge is 1.98. The number of rotatable bonds is 4. The highest BCUT2D eigenvalue weighted by atomic mass is 16.1. The first-order chi connectivity index (χ1) is 6.33. The molecule has 0 saturated carbocycles. The molecule has 1 N–H and O–H groups in total. The van der Waals surface area contributed by atoms with Gasteiger partial charge < -0.3 is 5.32 Å². The van der Waals surface area contributed by atoms with Gasteiger partial charge in [-0.2, -0.15) is 0 Å². The molecule has 0 spiro atoms. The van der Waals surface area contributed by atoms with Crippen molar-refractivity contribution in [1.29, 1.82) is 0 Å². The van der Waals surface area contributed by atoms with Crippen LogP contribution in [0.3, 0.4) is 0 Å². The van der Waals surface area contributed by atoms with E-state index in [1.807, 2.05) is 12.1 Å². The molecule has 0 bridgehead atoms. The number of carbonyl (C=O) groups excluding carboxylic acids is 1. The minimum absolute atomic E-state index is 0.0195. The fourth-order valence-corrected chi connectivity index (χ4v) is 0.927. The van der Waals surface area contributed by atoms with Crippen molar-refractivity contribution in [3.63, 3.8) is 0 Å². The summed E-state index contributed by atoms with van der Waals surface area (Å²) in [5.74, 6) is 0.0195. The number of amides is 1. The number of allylic oxidation sites excluding steroid dienone is 1. The summed E-state index contributed by atoms with van der Waals surface area (Å²) < 4.78 is 0. The van der Waals surface area contributed by atoms with Gasteiger partial charge in [-0.05, 0) is 24.6 Å². The van der Waals surface area contributed by atoms with E-state index in [1.165, 1.54) is 0 Å². The average molecular weight is 174 g/mol. The highest BCUT2D eigenvalue weighted by molar-refractivity contribution is 5.90. The van der Waals surface area contributed by atoms with Crippen molar-refractivity contribution >= 4 is 11.6 Å². The van der Waals surface area contributed by atoms with Crippen LogP contribution in [0.2, 0.25) is 0 Å². The van der Waals surface area contributed by atoms with Crippen molar-refractivity contribution in [2.75, 3.05) is 5.32 Å². The second kappa shape index (κ2) is 5.14. The summed E-state index contributed by atoms with van der Waals surface area (Å²) in [6, 6.07) is 10.0. The third kappa shape index (κ3) is 3.56. The zero-order chi connectivity index (χ0) is 9.52. The van der Waals surface area contributed by atoms with Gasteiger partial charge in [-0.25, -0.2) is 0 Å². The lowest BCUT2D eigenvalue weighted by Crippen LogP contribution is -2.10. The maximum atomic E-state index is 11.2. The zero-order valence-electron chi connectivity index (χ0n) is 7.42. The van der Waals surface area contributed by atoms with Crippen molar-refractivity contribution in [2.24, 2.45) is 0 Å². The summed E-state index contributed by atoms with van der Waals surface area (Å²) >= 11 is 0. The predicted octanol–water partition coefficient (Wildman–Crippen LogP) is 2.39. The Balaban J connectivity index is 2.41. The van der Waals surface area contributed by atoms with Crippen molar-refractivity contribution in [3.8, 4) is 0 Å². The maximum Gasteiger partial charge on any atom is 0.224 e. The van der Waals surface area contributed by atoms with E-state index in [2.05, 4.69) is 18.0 Å². The average Bonchev–Trinajstić information content (AvgIpc) is 2.16. The molecular formula is C11H12NO. The van der Waals surface area contributed by atoms with Gasteiger partial charge in [0.2, 0.25) is 5.91 Å². The molecule has 67 valence electrons. The van der Waals surface area contributed by atoms with Gasteiger partial charge in [0.05, 0.1) is 0 Å². The lowest BCUT2D eigenvalue weighted by atomic mass is 10.2. The molecule has 2 heteroatoms. The molecular weight excluding hydrogens is 162 g/mol. The molecule has 0 aliphatic carbocycles. The molecule has 1 amide bonds. The van der Waals surface area contributed by atoms with Gasteiger partial charge in [-0.1, -0.05) is 18.2 Å². The fourth-order valence-electron chi connectivity index (χ4n) is 0.927. The molecule has 0 aliphatic heterocycles. The molecule has 1 radical (unpaired) electrons. The normalized spacial score (nSPS) is 9.23. The maximum absolute atomic E-state index is 11.2. The fraction of sp³-hybridized carbons (Fsp3) is 0.182. The molecule has 0 aliphatic rings. The van der Waals surface area contributed by atoms with Crippen LogP contribution in [0.5, 0.6) is 0 Å². The van der Waals surface area contributed by atoms with Crippen LogP contribution in [-0.2, 0) is 4.79 Å². The van der Waals surface area contributed by atoms with Gasteiger partial charge in [0.25, 0.3) is 0 Å². The summed E-state index contributed by atoms with van der Waals surface area (Å²) in [5.41, 5.74) is 0.813. The molecule has 1 aromatic carbocycles. The Labute approximate surface area is 78.3 Å². The number of benzene rings is 1. The molecule has 13 heavy (non-hydrogen) atoms. The lowest BCUT2D eigenvalue weighted by molar-refractivity contribution is -0.116. The number of anilines is 1. The first kappa shape index (κ1) is 9.52. The number of carbonyl (C=O) groups is 1. The van der Waals surface area contributed by atoms with E-state index in [0.29, 0.717) is 12.8 Å². The molecule has 0 saturated heterocycles. The second-order valence-corrected chi connectivity index (χ2v) is 2.66. The van der Waals surface area contributed by atoms with Crippen molar-refractivity contribution in [1.82, 2.24) is 0 Å². The second-order valence-electron chi connectivity index (χ2n) is 2.66. The Bertz CT molecular complexity index is 279. The summed E-state index contributed by atoms with van der Waals surface area (Å²) in [6.07, 6.45) is 2.94. The van der Waals surface area contributed by atoms with Crippen LogP contribution in [0.1, 0.15) is 12.8 Å². The van der Waals surface area contributed by atoms with E-state index in [4.69, 9.17) is 0 Å². The van der Waals surface area contributed by atoms with E-state index in [0.717, 1.165) is 5.69 Å². The number of hydrogen-bond donors (Lipinski definition) is 1. The molecule has 0 aromatic heterocycles. The number of nitrogens with one attached hydrogen (secondary N) is 1. The Kier molecular flexibility index (Phi) is 3.76. The van der Waals surface area contributed by atoms with Crippen LogP contribution < -0.4 is 5.32 Å². The topological polar surface area (TPSA) is 29.1 Å². The molecule has 0 unspecified atom stereocenters. The van der Waals surface area contributed by atoms with Crippen LogP contribution in [0.25, 0.3) is 0 Å². The van der Waals surface area contributed by atoms with Crippen LogP contribution in [-0.4, -0.2) is 5.91 Å².